The van der Waals surface area contributed by atoms with Crippen LogP contribution in [0.25, 0.3) is 0 Å². The lowest BCUT2D eigenvalue weighted by Gasteiger charge is -2.37. The van der Waals surface area contributed by atoms with Gasteiger partial charge in [0.1, 0.15) is 0 Å². The highest BCUT2D eigenvalue weighted by molar-refractivity contribution is 5.07. The van der Waals surface area contributed by atoms with Gasteiger partial charge in [0.05, 0.1) is 0 Å². The first-order chi connectivity index (χ1) is 5.41. The van der Waals surface area contributed by atoms with E-state index in [2.05, 4.69) is 40.7 Å². The van der Waals surface area contributed by atoms with E-state index in [-0.39, 0.29) is 0 Å². The summed E-state index contributed by atoms with van der Waals surface area (Å²) < 4.78 is 0. The van der Waals surface area contributed by atoms with Crippen LogP contribution >= 0.6 is 0 Å². The molecule has 2 atom stereocenters. The summed E-state index contributed by atoms with van der Waals surface area (Å²) in [5.74, 6) is 1.65. The van der Waals surface area contributed by atoms with Crippen molar-refractivity contribution in [2.45, 2.75) is 47.5 Å². The molecule has 1 aliphatic carbocycles. The molecule has 1 aliphatic rings. The van der Waals surface area contributed by atoms with E-state index in [0.29, 0.717) is 5.41 Å². The lowest BCUT2D eigenvalue weighted by atomic mass is 9.68. The quantitative estimate of drug-likeness (QED) is 0.477. The second-order valence-corrected chi connectivity index (χ2v) is 5.38. The molecule has 0 saturated heterocycles. The van der Waals surface area contributed by atoms with Crippen molar-refractivity contribution in [3.63, 3.8) is 0 Å². The van der Waals surface area contributed by atoms with Gasteiger partial charge >= 0.3 is 0 Å². The minimum atomic E-state index is 0.483. The lowest BCUT2D eigenvalue weighted by Crippen LogP contribution is -2.28. The number of hydrogen-bond acceptors (Lipinski definition) is 0. The van der Waals surface area contributed by atoms with Crippen LogP contribution in [0.1, 0.15) is 47.5 Å². The highest BCUT2D eigenvalue weighted by Crippen LogP contribution is 2.40. The minimum Gasteiger partial charge on any atom is -0.0825 e. The van der Waals surface area contributed by atoms with Crippen LogP contribution in [-0.2, 0) is 0 Å². The molecule has 0 nitrogen and oxygen atoms in total. The summed E-state index contributed by atoms with van der Waals surface area (Å²) in [5.41, 5.74) is 2.07. The molecule has 0 radical (unpaired) electrons. The van der Waals surface area contributed by atoms with Gasteiger partial charge in [0.25, 0.3) is 0 Å². The van der Waals surface area contributed by atoms with Crippen LogP contribution in [0.15, 0.2) is 11.6 Å². The second-order valence-electron chi connectivity index (χ2n) is 5.38. The Balaban J connectivity index is 2.72. The van der Waals surface area contributed by atoms with Crippen molar-refractivity contribution >= 4 is 0 Å². The Morgan fingerprint density at radius 2 is 1.92 bits per heavy atom. The molecule has 0 saturated carbocycles. The zero-order valence-electron chi connectivity index (χ0n) is 9.15. The van der Waals surface area contributed by atoms with Crippen LogP contribution in [0, 0.1) is 17.3 Å². The highest BCUT2D eigenvalue weighted by Gasteiger charge is 2.30. The molecule has 0 amide bonds. The van der Waals surface area contributed by atoms with Gasteiger partial charge in [-0.1, -0.05) is 39.3 Å². The predicted molar refractivity (Wildman–Crippen MR) is 55.1 cm³/mol. The maximum Gasteiger partial charge on any atom is -0.0226 e. The fourth-order valence-electron chi connectivity index (χ4n) is 2.52. The van der Waals surface area contributed by atoms with E-state index < -0.39 is 0 Å². The molecule has 1 unspecified atom stereocenters. The smallest absolute Gasteiger partial charge is 0.0226 e. The van der Waals surface area contributed by atoms with E-state index >= 15 is 0 Å². The van der Waals surface area contributed by atoms with Crippen molar-refractivity contribution < 1.29 is 0 Å². The van der Waals surface area contributed by atoms with Gasteiger partial charge in [-0.3, -0.25) is 0 Å². The van der Waals surface area contributed by atoms with Crippen LogP contribution in [0.5, 0.6) is 0 Å². The summed E-state index contributed by atoms with van der Waals surface area (Å²) in [5, 5.41) is 0. The van der Waals surface area contributed by atoms with E-state index in [4.69, 9.17) is 0 Å². The molecule has 0 fully saturated rings. The van der Waals surface area contributed by atoms with Crippen molar-refractivity contribution in [2.24, 2.45) is 17.3 Å². The van der Waals surface area contributed by atoms with Crippen molar-refractivity contribution in [3.05, 3.63) is 11.6 Å². The fraction of sp³-hybridized carbons (Fsp3) is 0.833. The van der Waals surface area contributed by atoms with Gasteiger partial charge < -0.3 is 0 Å². The van der Waals surface area contributed by atoms with Gasteiger partial charge in [0, 0.05) is 0 Å². The summed E-state index contributed by atoms with van der Waals surface area (Å²) in [6.07, 6.45) is 5.15. The fourth-order valence-corrected chi connectivity index (χ4v) is 2.52. The molecule has 0 bridgehead atoms. The molecule has 0 aliphatic heterocycles. The van der Waals surface area contributed by atoms with Gasteiger partial charge in [0.2, 0.25) is 0 Å². The number of allylic oxidation sites excluding steroid dienone is 2. The van der Waals surface area contributed by atoms with E-state index in [9.17, 15) is 0 Å². The Hall–Kier alpha value is -0.260. The second kappa shape index (κ2) is 3.24. The summed E-state index contributed by atoms with van der Waals surface area (Å²) >= 11 is 0. The summed E-state index contributed by atoms with van der Waals surface area (Å²) in [4.78, 5) is 0. The Morgan fingerprint density at radius 3 is 2.33 bits per heavy atom. The molecule has 0 heteroatoms. The first kappa shape index (κ1) is 9.83. The van der Waals surface area contributed by atoms with Gasteiger partial charge in [-0.25, -0.2) is 0 Å². The number of rotatable bonds is 0. The maximum atomic E-state index is 2.46. The molecular weight excluding hydrogens is 144 g/mol. The van der Waals surface area contributed by atoms with Crippen LogP contribution in [-0.4, -0.2) is 0 Å². The molecule has 12 heavy (non-hydrogen) atoms. The number of hydrogen-bond donors (Lipinski definition) is 0. The van der Waals surface area contributed by atoms with Crippen molar-refractivity contribution in [2.75, 3.05) is 0 Å². The molecule has 0 aromatic carbocycles. The average molecular weight is 166 g/mol. The third-order valence-electron chi connectivity index (χ3n) is 3.14. The molecular formula is C12H22. The van der Waals surface area contributed by atoms with Crippen LogP contribution in [0.2, 0.25) is 0 Å². The van der Waals surface area contributed by atoms with Gasteiger partial charge in [-0.15, -0.1) is 0 Å². The predicted octanol–water partition coefficient (Wildman–Crippen LogP) is 4.02. The molecule has 0 aromatic rings. The van der Waals surface area contributed by atoms with Crippen LogP contribution < -0.4 is 0 Å². The molecule has 0 spiro atoms. The van der Waals surface area contributed by atoms with E-state index in [1.54, 1.807) is 5.57 Å². The SMILES string of the molecule is CC1=C[C@@H](C)C(C(C)(C)C)CC1. The van der Waals surface area contributed by atoms with E-state index in [1.807, 2.05) is 0 Å². The van der Waals surface area contributed by atoms with Crippen molar-refractivity contribution in [3.8, 4) is 0 Å². The van der Waals surface area contributed by atoms with Gasteiger partial charge in [-0.05, 0) is 37.0 Å². The zero-order chi connectivity index (χ0) is 9.35. The van der Waals surface area contributed by atoms with Crippen LogP contribution in [0.4, 0.5) is 0 Å². The molecule has 0 aromatic heterocycles. The molecule has 70 valence electrons. The third kappa shape index (κ3) is 2.12. The highest BCUT2D eigenvalue weighted by atomic mass is 14.3. The summed E-state index contributed by atoms with van der Waals surface area (Å²) in [7, 11) is 0. The Labute approximate surface area is 77.1 Å². The monoisotopic (exact) mass is 166 g/mol. The minimum absolute atomic E-state index is 0.483. The molecule has 0 heterocycles. The standard InChI is InChI=1S/C12H22/c1-9-6-7-11(10(2)8-9)12(3,4)5/h8,10-11H,6-7H2,1-5H3/t10-,11?/m1/s1. The topological polar surface area (TPSA) is 0 Å². The normalized spacial score (nSPS) is 31.6. The van der Waals surface area contributed by atoms with Gasteiger partial charge in [-0.2, -0.15) is 0 Å². The Morgan fingerprint density at radius 1 is 1.33 bits per heavy atom. The summed E-state index contributed by atoms with van der Waals surface area (Å²) in [6.45, 7) is 11.7. The van der Waals surface area contributed by atoms with E-state index in [1.165, 1.54) is 12.8 Å². The van der Waals surface area contributed by atoms with Crippen molar-refractivity contribution in [1.29, 1.82) is 0 Å². The maximum absolute atomic E-state index is 2.46. The first-order valence-corrected chi connectivity index (χ1v) is 5.08. The Kier molecular flexibility index (Phi) is 2.65. The van der Waals surface area contributed by atoms with Gasteiger partial charge in [0.15, 0.2) is 0 Å². The van der Waals surface area contributed by atoms with Crippen molar-refractivity contribution in [1.82, 2.24) is 0 Å². The third-order valence-corrected chi connectivity index (χ3v) is 3.14. The average Bonchev–Trinajstić information content (AvgIpc) is 1.83. The first-order valence-electron chi connectivity index (χ1n) is 5.08. The van der Waals surface area contributed by atoms with Crippen LogP contribution in [0.3, 0.4) is 0 Å². The largest absolute Gasteiger partial charge is 0.0825 e. The lowest BCUT2D eigenvalue weighted by molar-refractivity contribution is 0.172. The zero-order valence-corrected chi connectivity index (χ0v) is 9.15. The van der Waals surface area contributed by atoms with E-state index in [0.717, 1.165) is 11.8 Å². The summed E-state index contributed by atoms with van der Waals surface area (Å²) in [6, 6.07) is 0. The molecule has 0 N–H and O–H groups in total. The Bertz CT molecular complexity index is 181. The molecule has 1 rings (SSSR count).